The van der Waals surface area contributed by atoms with Crippen molar-refractivity contribution in [1.29, 1.82) is 0 Å². The number of rotatable bonds is 3. The van der Waals surface area contributed by atoms with Crippen molar-refractivity contribution in [2.75, 3.05) is 12.3 Å². The van der Waals surface area contributed by atoms with Gasteiger partial charge in [0, 0.05) is 6.54 Å². The van der Waals surface area contributed by atoms with Gasteiger partial charge in [0.25, 0.3) is 0 Å². The van der Waals surface area contributed by atoms with Crippen LogP contribution in [0.3, 0.4) is 0 Å². The molecule has 10 heavy (non-hydrogen) atoms. The summed E-state index contributed by atoms with van der Waals surface area (Å²) in [5, 5.41) is 3.18. The molecule has 0 unspecified atom stereocenters. The molecule has 0 rings (SSSR count). The first-order valence-electron chi connectivity index (χ1n) is 3.57. The SMILES string of the molecule is CCSC(=S)NCC(C)C. The Labute approximate surface area is 73.0 Å². The van der Waals surface area contributed by atoms with Gasteiger partial charge in [0.05, 0.1) is 0 Å². The van der Waals surface area contributed by atoms with Crippen LogP contribution in [0.25, 0.3) is 0 Å². The second-order valence-corrected chi connectivity index (χ2v) is 4.44. The minimum Gasteiger partial charge on any atom is -0.371 e. The van der Waals surface area contributed by atoms with Crippen molar-refractivity contribution in [3.63, 3.8) is 0 Å². The molecule has 0 radical (unpaired) electrons. The average molecular weight is 177 g/mol. The molecule has 3 heteroatoms. The fourth-order valence-corrected chi connectivity index (χ4v) is 1.35. The molecule has 0 aliphatic rings. The van der Waals surface area contributed by atoms with Gasteiger partial charge in [0.1, 0.15) is 4.32 Å². The number of thiocarbonyl (C=S) groups is 1. The lowest BCUT2D eigenvalue weighted by Gasteiger charge is -2.07. The molecule has 0 aliphatic heterocycles. The highest BCUT2D eigenvalue weighted by Crippen LogP contribution is 2.00. The summed E-state index contributed by atoms with van der Waals surface area (Å²) in [7, 11) is 0. The lowest BCUT2D eigenvalue weighted by Crippen LogP contribution is -2.23. The van der Waals surface area contributed by atoms with E-state index in [0.717, 1.165) is 16.6 Å². The third-order valence-corrected chi connectivity index (χ3v) is 2.12. The van der Waals surface area contributed by atoms with E-state index in [9.17, 15) is 0 Å². The van der Waals surface area contributed by atoms with E-state index in [1.165, 1.54) is 0 Å². The van der Waals surface area contributed by atoms with Crippen molar-refractivity contribution >= 4 is 28.3 Å². The van der Waals surface area contributed by atoms with E-state index in [0.29, 0.717) is 5.92 Å². The Morgan fingerprint density at radius 1 is 1.60 bits per heavy atom. The average Bonchev–Trinajstić information content (AvgIpc) is 1.85. The highest BCUT2D eigenvalue weighted by atomic mass is 32.2. The maximum absolute atomic E-state index is 5.02. The molecule has 1 N–H and O–H groups in total. The summed E-state index contributed by atoms with van der Waals surface area (Å²) in [4.78, 5) is 0. The molecule has 0 heterocycles. The third kappa shape index (κ3) is 6.36. The summed E-state index contributed by atoms with van der Waals surface area (Å²) >= 11 is 6.72. The maximum Gasteiger partial charge on any atom is 0.133 e. The Bertz CT molecular complexity index is 102. The molecular formula is C7H15NS2. The maximum atomic E-state index is 5.02. The van der Waals surface area contributed by atoms with Crippen LogP contribution < -0.4 is 5.32 Å². The number of thioether (sulfide) groups is 1. The van der Waals surface area contributed by atoms with Gasteiger partial charge in [0.15, 0.2) is 0 Å². The highest BCUT2D eigenvalue weighted by molar-refractivity contribution is 8.22. The predicted molar refractivity (Wildman–Crippen MR) is 53.6 cm³/mol. The summed E-state index contributed by atoms with van der Waals surface area (Å²) in [5.41, 5.74) is 0. The van der Waals surface area contributed by atoms with E-state index >= 15 is 0 Å². The Morgan fingerprint density at radius 2 is 2.20 bits per heavy atom. The summed E-state index contributed by atoms with van der Waals surface area (Å²) in [6, 6.07) is 0. The summed E-state index contributed by atoms with van der Waals surface area (Å²) < 4.78 is 0.927. The van der Waals surface area contributed by atoms with Crippen molar-refractivity contribution in [2.24, 2.45) is 5.92 Å². The van der Waals surface area contributed by atoms with Crippen molar-refractivity contribution in [1.82, 2.24) is 5.32 Å². The molecular weight excluding hydrogens is 162 g/mol. The van der Waals surface area contributed by atoms with Gasteiger partial charge in [-0.25, -0.2) is 0 Å². The third-order valence-electron chi connectivity index (χ3n) is 0.930. The van der Waals surface area contributed by atoms with Crippen LogP contribution in [0.15, 0.2) is 0 Å². The molecule has 0 spiro atoms. The van der Waals surface area contributed by atoms with Crippen LogP contribution in [-0.4, -0.2) is 16.6 Å². The fraction of sp³-hybridized carbons (Fsp3) is 0.857. The Kier molecular flexibility index (Phi) is 6.13. The standard InChI is InChI=1S/C7H15NS2/c1-4-10-7(9)8-5-6(2)3/h6H,4-5H2,1-3H3,(H,8,9). The molecule has 0 aromatic rings. The van der Waals surface area contributed by atoms with Crippen LogP contribution >= 0.6 is 24.0 Å². The monoisotopic (exact) mass is 177 g/mol. The first kappa shape index (κ1) is 10.2. The summed E-state index contributed by atoms with van der Waals surface area (Å²) in [6.07, 6.45) is 0. The molecule has 60 valence electrons. The van der Waals surface area contributed by atoms with Crippen molar-refractivity contribution in [3.8, 4) is 0 Å². The topological polar surface area (TPSA) is 12.0 Å². The molecule has 0 fully saturated rings. The van der Waals surface area contributed by atoms with Gasteiger partial charge < -0.3 is 5.32 Å². The minimum absolute atomic E-state index is 0.676. The van der Waals surface area contributed by atoms with Gasteiger partial charge in [-0.3, -0.25) is 0 Å². The second kappa shape index (κ2) is 5.98. The second-order valence-electron chi connectivity index (χ2n) is 2.50. The highest BCUT2D eigenvalue weighted by Gasteiger charge is 1.95. The summed E-state index contributed by atoms with van der Waals surface area (Å²) in [6.45, 7) is 7.44. The van der Waals surface area contributed by atoms with Gasteiger partial charge in [-0.15, -0.1) is 0 Å². The molecule has 0 atom stereocenters. The molecule has 0 saturated carbocycles. The van der Waals surface area contributed by atoms with E-state index in [1.807, 2.05) is 0 Å². The van der Waals surface area contributed by atoms with Gasteiger partial charge >= 0.3 is 0 Å². The molecule has 1 nitrogen and oxygen atoms in total. The molecule has 0 saturated heterocycles. The molecule has 0 aliphatic carbocycles. The first-order chi connectivity index (χ1) is 4.66. The molecule has 0 bridgehead atoms. The smallest absolute Gasteiger partial charge is 0.133 e. The van der Waals surface area contributed by atoms with Crippen molar-refractivity contribution in [2.45, 2.75) is 20.8 Å². The van der Waals surface area contributed by atoms with E-state index in [-0.39, 0.29) is 0 Å². The summed E-state index contributed by atoms with van der Waals surface area (Å²) in [5.74, 6) is 1.74. The van der Waals surface area contributed by atoms with Crippen LogP contribution in [0, 0.1) is 5.92 Å². The minimum atomic E-state index is 0.676. The predicted octanol–water partition coefficient (Wildman–Crippen LogP) is 2.27. The molecule has 0 aromatic heterocycles. The lowest BCUT2D eigenvalue weighted by molar-refractivity contribution is 0.630. The fourth-order valence-electron chi connectivity index (χ4n) is 0.470. The number of hydrogen-bond donors (Lipinski definition) is 1. The van der Waals surface area contributed by atoms with Gasteiger partial charge in [-0.05, 0) is 11.7 Å². The van der Waals surface area contributed by atoms with Crippen molar-refractivity contribution in [3.05, 3.63) is 0 Å². The van der Waals surface area contributed by atoms with E-state index in [4.69, 9.17) is 12.2 Å². The van der Waals surface area contributed by atoms with Crippen molar-refractivity contribution < 1.29 is 0 Å². The van der Waals surface area contributed by atoms with E-state index < -0.39 is 0 Å². The van der Waals surface area contributed by atoms with E-state index in [1.54, 1.807) is 11.8 Å². The Hall–Kier alpha value is 0.240. The van der Waals surface area contributed by atoms with Gasteiger partial charge in [0.2, 0.25) is 0 Å². The number of hydrogen-bond acceptors (Lipinski definition) is 2. The number of nitrogens with one attached hydrogen (secondary N) is 1. The molecule has 0 aromatic carbocycles. The molecule has 0 amide bonds. The van der Waals surface area contributed by atoms with Gasteiger partial charge in [-0.1, -0.05) is 44.8 Å². The lowest BCUT2D eigenvalue weighted by atomic mass is 10.2. The largest absolute Gasteiger partial charge is 0.371 e. The van der Waals surface area contributed by atoms with Crippen LogP contribution in [0.2, 0.25) is 0 Å². The van der Waals surface area contributed by atoms with Gasteiger partial charge in [-0.2, -0.15) is 0 Å². The zero-order valence-electron chi connectivity index (χ0n) is 6.81. The first-order valence-corrected chi connectivity index (χ1v) is 4.96. The van der Waals surface area contributed by atoms with Crippen LogP contribution in [0.5, 0.6) is 0 Å². The normalized spacial score (nSPS) is 10.0. The van der Waals surface area contributed by atoms with E-state index in [2.05, 4.69) is 26.1 Å². The Balaban J connectivity index is 3.22. The van der Waals surface area contributed by atoms with Crippen LogP contribution in [0.1, 0.15) is 20.8 Å². The van der Waals surface area contributed by atoms with Crippen LogP contribution in [-0.2, 0) is 0 Å². The zero-order chi connectivity index (χ0) is 7.98. The van der Waals surface area contributed by atoms with Crippen LogP contribution in [0.4, 0.5) is 0 Å². The Morgan fingerprint density at radius 3 is 2.60 bits per heavy atom. The quantitative estimate of drug-likeness (QED) is 0.664. The zero-order valence-corrected chi connectivity index (χ0v) is 8.44.